The molecule has 1 aromatic rings. The lowest BCUT2D eigenvalue weighted by atomic mass is 10.1. The third kappa shape index (κ3) is 12.9. The molecule has 0 heterocycles. The minimum atomic E-state index is -0.349. The molecule has 0 aliphatic heterocycles. The summed E-state index contributed by atoms with van der Waals surface area (Å²) in [6.45, 7) is 2.89. The van der Waals surface area contributed by atoms with Gasteiger partial charge in [0.05, 0.1) is 13.7 Å². The second-order valence-electron chi connectivity index (χ2n) is 7.42. The van der Waals surface area contributed by atoms with Gasteiger partial charge in [0.2, 0.25) is 0 Å². The van der Waals surface area contributed by atoms with Gasteiger partial charge in [-0.25, -0.2) is 4.79 Å². The van der Waals surface area contributed by atoms with Crippen LogP contribution in [-0.2, 0) is 4.74 Å². The molecule has 0 fully saturated rings. The summed E-state index contributed by atoms with van der Waals surface area (Å²) >= 11 is 0. The van der Waals surface area contributed by atoms with E-state index in [1.165, 1.54) is 71.3 Å². The van der Waals surface area contributed by atoms with Crippen molar-refractivity contribution in [2.24, 2.45) is 0 Å². The second kappa shape index (κ2) is 18.0. The highest BCUT2D eigenvalue weighted by Crippen LogP contribution is 2.19. The Bertz CT molecular complexity index is 589. The molecule has 3 nitrogen and oxygen atoms in total. The van der Waals surface area contributed by atoms with Crippen molar-refractivity contribution in [2.75, 3.05) is 13.7 Å². The van der Waals surface area contributed by atoms with Crippen LogP contribution in [0.5, 0.6) is 5.75 Å². The molecule has 0 aliphatic carbocycles. The normalized spacial score (nSPS) is 11.4. The van der Waals surface area contributed by atoms with Crippen molar-refractivity contribution in [3.63, 3.8) is 0 Å². The third-order valence-electron chi connectivity index (χ3n) is 4.89. The number of rotatable bonds is 17. The lowest BCUT2D eigenvalue weighted by molar-refractivity contribution is 0.0596. The van der Waals surface area contributed by atoms with E-state index in [2.05, 4.69) is 31.2 Å². The number of benzene rings is 1. The van der Waals surface area contributed by atoms with Gasteiger partial charge in [0, 0.05) is 0 Å². The van der Waals surface area contributed by atoms with Crippen molar-refractivity contribution in [2.45, 2.75) is 84.0 Å². The van der Waals surface area contributed by atoms with Gasteiger partial charge in [0.25, 0.3) is 0 Å². The molecule has 0 amide bonds. The van der Waals surface area contributed by atoms with E-state index < -0.39 is 0 Å². The number of hydrogen-bond donors (Lipinski definition) is 0. The van der Waals surface area contributed by atoms with E-state index in [9.17, 15) is 4.79 Å². The molecule has 0 N–H and O–H groups in total. The van der Waals surface area contributed by atoms with Gasteiger partial charge in [-0.15, -0.1) is 0 Å². The zero-order valence-corrected chi connectivity index (χ0v) is 18.5. The Morgan fingerprint density at radius 1 is 0.828 bits per heavy atom. The number of para-hydroxylation sites is 1. The molecule has 0 saturated carbocycles. The van der Waals surface area contributed by atoms with E-state index in [1.54, 1.807) is 6.07 Å². The smallest absolute Gasteiger partial charge is 0.341 e. The van der Waals surface area contributed by atoms with Gasteiger partial charge in [0.1, 0.15) is 11.3 Å². The number of carbonyl (C=O) groups excluding carboxylic acids is 1. The van der Waals surface area contributed by atoms with Crippen molar-refractivity contribution in [3.8, 4) is 5.75 Å². The summed E-state index contributed by atoms with van der Waals surface area (Å²) < 4.78 is 10.6. The third-order valence-corrected chi connectivity index (χ3v) is 4.89. The predicted octanol–water partition coefficient (Wildman–Crippen LogP) is 7.67. The van der Waals surface area contributed by atoms with E-state index in [-0.39, 0.29) is 5.97 Å². The van der Waals surface area contributed by atoms with E-state index in [0.29, 0.717) is 17.9 Å². The first-order valence-electron chi connectivity index (χ1n) is 11.4. The maximum atomic E-state index is 11.7. The summed E-state index contributed by atoms with van der Waals surface area (Å²) in [6.07, 6.45) is 24.0. The lowest BCUT2D eigenvalue weighted by Gasteiger charge is -2.09. The van der Waals surface area contributed by atoms with Crippen molar-refractivity contribution in [3.05, 3.63) is 54.1 Å². The summed E-state index contributed by atoms with van der Waals surface area (Å²) in [5.74, 6) is 0.264. The van der Waals surface area contributed by atoms with Crippen LogP contribution in [0.25, 0.3) is 0 Å². The minimum Gasteiger partial charge on any atom is -0.493 e. The molecule has 0 aliphatic rings. The Kier molecular flexibility index (Phi) is 15.5. The first-order chi connectivity index (χ1) is 14.3. The Labute approximate surface area is 178 Å². The minimum absolute atomic E-state index is 0.349. The van der Waals surface area contributed by atoms with Gasteiger partial charge in [-0.3, -0.25) is 0 Å². The highest BCUT2D eigenvalue weighted by Gasteiger charge is 2.11. The van der Waals surface area contributed by atoms with Crippen LogP contribution in [0.2, 0.25) is 0 Å². The standard InChI is InChI=1S/C26H40O3/c1-3-4-5-6-7-8-9-10-11-12-13-14-15-16-17-20-23-29-25-22-19-18-21-24(25)26(27)28-2/h7-8,10-11,18-19,21-22H,3-6,9,12-17,20,23H2,1-2H3/b8-7-,11-10-. The molecular weight excluding hydrogens is 360 g/mol. The number of esters is 1. The Hall–Kier alpha value is -2.03. The van der Waals surface area contributed by atoms with Gasteiger partial charge in [0.15, 0.2) is 0 Å². The van der Waals surface area contributed by atoms with Gasteiger partial charge in [-0.05, 0) is 50.7 Å². The summed E-state index contributed by atoms with van der Waals surface area (Å²) in [5, 5.41) is 0. The number of ether oxygens (including phenoxy) is 2. The average Bonchev–Trinajstić information content (AvgIpc) is 2.75. The van der Waals surface area contributed by atoms with E-state index in [1.807, 2.05) is 18.2 Å². The van der Waals surface area contributed by atoms with Crippen LogP contribution in [0.15, 0.2) is 48.6 Å². The van der Waals surface area contributed by atoms with E-state index in [0.717, 1.165) is 12.8 Å². The molecular formula is C26H40O3. The van der Waals surface area contributed by atoms with Gasteiger partial charge in [-0.1, -0.05) is 81.9 Å². The highest BCUT2D eigenvalue weighted by molar-refractivity contribution is 5.92. The van der Waals surface area contributed by atoms with Crippen molar-refractivity contribution in [1.29, 1.82) is 0 Å². The van der Waals surface area contributed by atoms with Crippen LogP contribution in [-0.4, -0.2) is 19.7 Å². The monoisotopic (exact) mass is 400 g/mol. The van der Waals surface area contributed by atoms with Crippen molar-refractivity contribution < 1.29 is 14.3 Å². The fraction of sp³-hybridized carbons (Fsp3) is 0.577. The summed E-state index contributed by atoms with van der Waals surface area (Å²) in [6, 6.07) is 7.25. The topological polar surface area (TPSA) is 35.5 Å². The molecule has 29 heavy (non-hydrogen) atoms. The van der Waals surface area contributed by atoms with Crippen LogP contribution < -0.4 is 4.74 Å². The molecule has 0 spiro atoms. The molecule has 1 rings (SSSR count). The molecule has 0 atom stereocenters. The van der Waals surface area contributed by atoms with E-state index in [4.69, 9.17) is 9.47 Å². The molecule has 0 saturated heterocycles. The highest BCUT2D eigenvalue weighted by atomic mass is 16.5. The molecule has 0 bridgehead atoms. The maximum Gasteiger partial charge on any atom is 0.341 e. The summed E-state index contributed by atoms with van der Waals surface area (Å²) in [7, 11) is 1.39. The van der Waals surface area contributed by atoms with Crippen molar-refractivity contribution >= 4 is 5.97 Å². The summed E-state index contributed by atoms with van der Waals surface area (Å²) in [5.41, 5.74) is 0.495. The van der Waals surface area contributed by atoms with E-state index >= 15 is 0 Å². The zero-order chi connectivity index (χ0) is 21.0. The van der Waals surface area contributed by atoms with Gasteiger partial charge in [-0.2, -0.15) is 0 Å². The number of hydrogen-bond acceptors (Lipinski definition) is 3. The van der Waals surface area contributed by atoms with Crippen molar-refractivity contribution in [1.82, 2.24) is 0 Å². The number of methoxy groups -OCH3 is 1. The van der Waals surface area contributed by atoms with Gasteiger partial charge < -0.3 is 9.47 Å². The zero-order valence-electron chi connectivity index (χ0n) is 18.5. The Balaban J connectivity index is 1.95. The molecule has 0 unspecified atom stereocenters. The fourth-order valence-corrected chi connectivity index (χ4v) is 3.14. The largest absolute Gasteiger partial charge is 0.493 e. The quantitative estimate of drug-likeness (QED) is 0.153. The molecule has 1 aromatic carbocycles. The van der Waals surface area contributed by atoms with Crippen LogP contribution in [0.1, 0.15) is 94.3 Å². The average molecular weight is 401 g/mol. The second-order valence-corrected chi connectivity index (χ2v) is 7.42. The summed E-state index contributed by atoms with van der Waals surface area (Å²) in [4.78, 5) is 11.7. The first-order valence-corrected chi connectivity index (χ1v) is 11.4. The molecule has 0 aromatic heterocycles. The Morgan fingerprint density at radius 3 is 2.14 bits per heavy atom. The van der Waals surface area contributed by atoms with Gasteiger partial charge >= 0.3 is 5.97 Å². The molecule has 0 radical (unpaired) electrons. The van der Waals surface area contributed by atoms with Crippen LogP contribution in [0.4, 0.5) is 0 Å². The predicted molar refractivity (Wildman–Crippen MR) is 123 cm³/mol. The van der Waals surface area contributed by atoms with Crippen LogP contribution in [0, 0.1) is 0 Å². The SMILES string of the molecule is CCCCC/C=C\C/C=C\CCCCCCCCOc1ccccc1C(=O)OC. The molecule has 3 heteroatoms. The lowest BCUT2D eigenvalue weighted by Crippen LogP contribution is -2.06. The van der Waals surface area contributed by atoms with Crippen LogP contribution in [0.3, 0.4) is 0 Å². The maximum absolute atomic E-state index is 11.7. The number of carbonyl (C=O) groups is 1. The molecule has 162 valence electrons. The first kappa shape index (κ1) is 25.0. The van der Waals surface area contributed by atoms with Crippen LogP contribution >= 0.6 is 0 Å². The number of allylic oxidation sites excluding steroid dienone is 4. The number of unbranched alkanes of at least 4 members (excludes halogenated alkanes) is 9. The fourth-order valence-electron chi connectivity index (χ4n) is 3.14. The Morgan fingerprint density at radius 2 is 1.45 bits per heavy atom.